The number of likely N-dealkylation sites (tertiary alicyclic amines) is 1. The Kier molecular flexibility index (Phi) is 10.2. The summed E-state index contributed by atoms with van der Waals surface area (Å²) in [4.78, 5) is 32.9. The standard InChI is InChI=1S/C27H41N3O2S.ClH/c1-3-4-16-30-25(31)24(19-21-8-6-5-7-9-21)28-26(32)27(30)14-17-29(18-15-27)20-22-10-12-23(33-2)13-11-22;/h10-13,21,24H,3-9,14-20H2,1-2H3,(H,28,32);1H. The number of hydrogen-bond acceptors (Lipinski definition) is 4. The third-order valence-electron chi connectivity index (χ3n) is 8.09. The summed E-state index contributed by atoms with van der Waals surface area (Å²) in [7, 11) is 0. The normalized spacial score (nSPS) is 23.6. The number of nitrogens with one attached hydrogen (secondary N) is 1. The van der Waals surface area contributed by atoms with Gasteiger partial charge in [-0.05, 0) is 55.6 Å². The molecule has 2 amide bonds. The van der Waals surface area contributed by atoms with E-state index in [0.717, 1.165) is 51.7 Å². The first-order valence-electron chi connectivity index (χ1n) is 13.0. The lowest BCUT2D eigenvalue weighted by Crippen LogP contribution is -2.73. The van der Waals surface area contributed by atoms with Gasteiger partial charge in [0.1, 0.15) is 11.6 Å². The molecule has 1 aliphatic carbocycles. The fourth-order valence-electron chi connectivity index (χ4n) is 6.00. The summed E-state index contributed by atoms with van der Waals surface area (Å²) in [5.41, 5.74) is 0.650. The van der Waals surface area contributed by atoms with Gasteiger partial charge in [-0.3, -0.25) is 14.5 Å². The van der Waals surface area contributed by atoms with Crippen molar-refractivity contribution in [1.82, 2.24) is 15.1 Å². The molecule has 1 atom stereocenters. The Morgan fingerprint density at radius 1 is 1.06 bits per heavy atom. The maximum absolute atomic E-state index is 13.7. The molecule has 2 aliphatic heterocycles. The van der Waals surface area contributed by atoms with Gasteiger partial charge in [-0.25, -0.2) is 0 Å². The number of piperazine rings is 1. The van der Waals surface area contributed by atoms with Crippen LogP contribution in [0, 0.1) is 5.92 Å². The van der Waals surface area contributed by atoms with Crippen molar-refractivity contribution in [3.8, 4) is 0 Å². The molecule has 5 nitrogen and oxygen atoms in total. The predicted molar refractivity (Wildman–Crippen MR) is 142 cm³/mol. The number of halogens is 1. The number of rotatable bonds is 8. The zero-order valence-corrected chi connectivity index (χ0v) is 22.5. The molecule has 7 heteroatoms. The molecule has 0 radical (unpaired) electrons. The summed E-state index contributed by atoms with van der Waals surface area (Å²) in [5, 5.41) is 3.21. The predicted octanol–water partition coefficient (Wildman–Crippen LogP) is 5.26. The first-order chi connectivity index (χ1) is 16.1. The van der Waals surface area contributed by atoms with E-state index in [1.165, 1.54) is 42.6 Å². The minimum absolute atomic E-state index is 0. The molecular weight excluding hydrogens is 466 g/mol. The van der Waals surface area contributed by atoms with E-state index in [9.17, 15) is 9.59 Å². The fraction of sp³-hybridized carbons (Fsp3) is 0.704. The topological polar surface area (TPSA) is 52.7 Å². The molecule has 4 rings (SSSR count). The van der Waals surface area contributed by atoms with Gasteiger partial charge in [0.15, 0.2) is 0 Å². The van der Waals surface area contributed by atoms with Gasteiger partial charge in [0.25, 0.3) is 0 Å². The van der Waals surface area contributed by atoms with Gasteiger partial charge >= 0.3 is 0 Å². The molecule has 2 saturated heterocycles. The number of amides is 2. The molecule has 1 spiro atoms. The highest BCUT2D eigenvalue weighted by Gasteiger charge is 2.53. The zero-order chi connectivity index (χ0) is 23.3. The van der Waals surface area contributed by atoms with Crippen LogP contribution in [-0.2, 0) is 16.1 Å². The number of carbonyl (C=O) groups is 2. The molecule has 1 aromatic carbocycles. The second-order valence-corrected chi connectivity index (χ2v) is 11.1. The summed E-state index contributed by atoms with van der Waals surface area (Å²) in [6.07, 6.45) is 12.6. The van der Waals surface area contributed by atoms with Crippen LogP contribution in [0.15, 0.2) is 29.2 Å². The van der Waals surface area contributed by atoms with Crippen molar-refractivity contribution in [3.63, 3.8) is 0 Å². The molecule has 190 valence electrons. The van der Waals surface area contributed by atoms with E-state index < -0.39 is 5.54 Å². The van der Waals surface area contributed by atoms with E-state index in [1.807, 2.05) is 4.90 Å². The molecule has 3 fully saturated rings. The van der Waals surface area contributed by atoms with E-state index in [2.05, 4.69) is 47.7 Å². The summed E-state index contributed by atoms with van der Waals surface area (Å²) >= 11 is 1.76. The Balaban J connectivity index is 0.00000324. The van der Waals surface area contributed by atoms with Crippen LogP contribution in [0.4, 0.5) is 0 Å². The van der Waals surface area contributed by atoms with Gasteiger partial charge in [-0.1, -0.05) is 57.6 Å². The van der Waals surface area contributed by atoms with Crippen molar-refractivity contribution < 1.29 is 9.59 Å². The van der Waals surface area contributed by atoms with Gasteiger partial charge in [-0.15, -0.1) is 24.2 Å². The Labute approximate surface area is 216 Å². The molecule has 2 heterocycles. The Morgan fingerprint density at radius 3 is 2.35 bits per heavy atom. The molecule has 0 bridgehead atoms. The van der Waals surface area contributed by atoms with Crippen LogP contribution in [-0.4, -0.2) is 59.1 Å². The number of thioether (sulfide) groups is 1. The molecule has 0 aromatic heterocycles. The van der Waals surface area contributed by atoms with E-state index >= 15 is 0 Å². The van der Waals surface area contributed by atoms with Gasteiger partial charge in [0.2, 0.25) is 11.8 Å². The van der Waals surface area contributed by atoms with Gasteiger partial charge < -0.3 is 10.2 Å². The third kappa shape index (κ3) is 6.11. The van der Waals surface area contributed by atoms with Gasteiger partial charge in [0.05, 0.1) is 0 Å². The Bertz CT molecular complexity index is 805. The fourth-order valence-corrected chi connectivity index (χ4v) is 6.41. The molecule has 1 saturated carbocycles. The second kappa shape index (κ2) is 12.6. The Hall–Kier alpha value is -1.24. The third-order valence-corrected chi connectivity index (χ3v) is 8.83. The second-order valence-electron chi connectivity index (χ2n) is 10.3. The SMILES string of the molecule is CCCCN1C(=O)C(CC2CCCCC2)NC(=O)C12CCN(Cc1ccc(SC)cc1)CC2.Cl. The quantitative estimate of drug-likeness (QED) is 0.487. The summed E-state index contributed by atoms with van der Waals surface area (Å²) in [6, 6.07) is 8.44. The van der Waals surface area contributed by atoms with Crippen molar-refractivity contribution in [2.75, 3.05) is 25.9 Å². The number of nitrogens with zero attached hydrogens (tertiary/aromatic N) is 2. The highest BCUT2D eigenvalue weighted by Crippen LogP contribution is 2.36. The number of piperidine rings is 1. The van der Waals surface area contributed by atoms with Crippen LogP contribution >= 0.6 is 24.2 Å². The Morgan fingerprint density at radius 2 is 1.74 bits per heavy atom. The average molecular weight is 508 g/mol. The van der Waals surface area contributed by atoms with E-state index in [-0.39, 0.29) is 30.3 Å². The van der Waals surface area contributed by atoms with Crippen molar-refractivity contribution >= 4 is 36.0 Å². The number of hydrogen-bond donors (Lipinski definition) is 1. The zero-order valence-electron chi connectivity index (χ0n) is 20.9. The molecule has 34 heavy (non-hydrogen) atoms. The van der Waals surface area contributed by atoms with Crippen molar-refractivity contribution in [2.45, 2.75) is 94.2 Å². The first-order valence-corrected chi connectivity index (χ1v) is 14.3. The molecule has 1 aromatic rings. The monoisotopic (exact) mass is 507 g/mol. The van der Waals surface area contributed by atoms with E-state index in [1.54, 1.807) is 11.8 Å². The van der Waals surface area contributed by atoms with Crippen molar-refractivity contribution in [3.05, 3.63) is 29.8 Å². The van der Waals surface area contributed by atoms with Crippen LogP contribution in [0.5, 0.6) is 0 Å². The lowest BCUT2D eigenvalue weighted by Gasteiger charge is -2.52. The summed E-state index contributed by atoms with van der Waals surface area (Å²) < 4.78 is 0. The van der Waals surface area contributed by atoms with Gasteiger partial charge in [0, 0.05) is 31.1 Å². The van der Waals surface area contributed by atoms with Crippen LogP contribution in [0.25, 0.3) is 0 Å². The number of unbranched alkanes of at least 4 members (excludes halogenated alkanes) is 1. The minimum Gasteiger partial charge on any atom is -0.342 e. The number of carbonyl (C=O) groups excluding carboxylic acids is 2. The molecule has 1 unspecified atom stereocenters. The van der Waals surface area contributed by atoms with Crippen molar-refractivity contribution in [1.29, 1.82) is 0 Å². The van der Waals surface area contributed by atoms with E-state index in [4.69, 9.17) is 0 Å². The van der Waals surface area contributed by atoms with Gasteiger partial charge in [-0.2, -0.15) is 0 Å². The molecule has 3 aliphatic rings. The number of benzene rings is 1. The highest BCUT2D eigenvalue weighted by molar-refractivity contribution is 7.98. The smallest absolute Gasteiger partial charge is 0.246 e. The maximum atomic E-state index is 13.7. The lowest BCUT2D eigenvalue weighted by molar-refractivity contribution is -0.162. The average Bonchev–Trinajstić information content (AvgIpc) is 2.85. The highest BCUT2D eigenvalue weighted by atomic mass is 35.5. The molecular formula is C27H42ClN3O2S. The summed E-state index contributed by atoms with van der Waals surface area (Å²) in [6.45, 7) is 5.47. The van der Waals surface area contributed by atoms with Crippen molar-refractivity contribution in [2.24, 2.45) is 5.92 Å². The lowest BCUT2D eigenvalue weighted by atomic mass is 9.79. The first kappa shape index (κ1) is 27.3. The van der Waals surface area contributed by atoms with Crippen LogP contribution in [0.3, 0.4) is 0 Å². The van der Waals surface area contributed by atoms with Crippen LogP contribution in [0.2, 0.25) is 0 Å². The largest absolute Gasteiger partial charge is 0.342 e. The maximum Gasteiger partial charge on any atom is 0.246 e. The van der Waals surface area contributed by atoms with Crippen LogP contribution < -0.4 is 5.32 Å². The minimum atomic E-state index is -0.658. The molecule has 1 N–H and O–H groups in total. The summed E-state index contributed by atoms with van der Waals surface area (Å²) in [5.74, 6) is 0.854. The van der Waals surface area contributed by atoms with E-state index in [0.29, 0.717) is 12.5 Å². The van der Waals surface area contributed by atoms with Crippen LogP contribution in [0.1, 0.15) is 76.7 Å².